The molecule has 21 heavy (non-hydrogen) atoms. The van der Waals surface area contributed by atoms with Gasteiger partial charge < -0.3 is 0 Å². The number of nitrogens with one attached hydrogen (secondary N) is 2. The largest absolute Gasteiger partial charge is 0.277 e. The van der Waals surface area contributed by atoms with Crippen LogP contribution in [0.3, 0.4) is 0 Å². The van der Waals surface area contributed by atoms with E-state index in [1.807, 2.05) is 6.07 Å². The van der Waals surface area contributed by atoms with E-state index in [1.54, 1.807) is 12.1 Å². The van der Waals surface area contributed by atoms with Gasteiger partial charge in [0.1, 0.15) is 0 Å². The first-order valence-electron chi connectivity index (χ1n) is 7.17. The van der Waals surface area contributed by atoms with Crippen LogP contribution >= 0.6 is 23.2 Å². The maximum absolute atomic E-state index is 12.0. The number of hydrogen-bond donors (Lipinski definition) is 2. The molecular formula is C14H20Cl2N2O2S. The molecule has 0 radical (unpaired) electrons. The van der Waals surface area contributed by atoms with Crippen molar-refractivity contribution in [3.05, 3.63) is 33.8 Å². The zero-order valence-corrected chi connectivity index (χ0v) is 14.1. The van der Waals surface area contributed by atoms with E-state index < -0.39 is 10.2 Å². The molecule has 1 aliphatic carbocycles. The Bertz CT molecular complexity index is 572. The number of hydrogen-bond acceptors (Lipinski definition) is 2. The zero-order valence-electron chi connectivity index (χ0n) is 11.7. The summed E-state index contributed by atoms with van der Waals surface area (Å²) in [5, 5.41) is 1.13. The minimum Gasteiger partial charge on any atom is -0.202 e. The van der Waals surface area contributed by atoms with Gasteiger partial charge in [-0.25, -0.2) is 4.72 Å². The Morgan fingerprint density at radius 2 is 1.86 bits per heavy atom. The maximum Gasteiger partial charge on any atom is 0.277 e. The molecule has 0 aliphatic heterocycles. The van der Waals surface area contributed by atoms with Crippen molar-refractivity contribution in [3.8, 4) is 0 Å². The first-order chi connectivity index (χ1) is 9.96. The molecule has 0 spiro atoms. The van der Waals surface area contributed by atoms with E-state index in [9.17, 15) is 8.42 Å². The van der Waals surface area contributed by atoms with Gasteiger partial charge in [-0.2, -0.15) is 13.1 Å². The average Bonchev–Trinajstić information content (AvgIpc) is 2.42. The van der Waals surface area contributed by atoms with Gasteiger partial charge in [0.2, 0.25) is 0 Å². The van der Waals surface area contributed by atoms with Crippen LogP contribution in [0.1, 0.15) is 37.7 Å². The number of rotatable bonds is 6. The van der Waals surface area contributed by atoms with Gasteiger partial charge in [0.25, 0.3) is 10.2 Å². The SMILES string of the molecule is O=S(=O)(NCCc1ccc(Cl)cc1Cl)NC1CCCCC1. The second kappa shape index (κ2) is 7.79. The molecule has 1 aromatic carbocycles. The van der Waals surface area contributed by atoms with E-state index in [1.165, 1.54) is 6.42 Å². The fraction of sp³-hybridized carbons (Fsp3) is 0.571. The molecule has 0 aromatic heterocycles. The Morgan fingerprint density at radius 1 is 1.14 bits per heavy atom. The monoisotopic (exact) mass is 350 g/mol. The van der Waals surface area contributed by atoms with Crippen molar-refractivity contribution in [1.82, 2.24) is 9.44 Å². The summed E-state index contributed by atoms with van der Waals surface area (Å²) in [5.74, 6) is 0. The van der Waals surface area contributed by atoms with Crippen LogP contribution < -0.4 is 9.44 Å². The normalized spacial score (nSPS) is 17.0. The van der Waals surface area contributed by atoms with Crippen molar-refractivity contribution >= 4 is 33.4 Å². The Labute approximate surface area is 136 Å². The first-order valence-corrected chi connectivity index (χ1v) is 9.41. The summed E-state index contributed by atoms with van der Waals surface area (Å²) < 4.78 is 29.2. The molecule has 0 amide bonds. The molecule has 0 heterocycles. The third-order valence-electron chi connectivity index (χ3n) is 3.63. The van der Waals surface area contributed by atoms with Crippen LogP contribution in [0.25, 0.3) is 0 Å². The van der Waals surface area contributed by atoms with Crippen LogP contribution in [0, 0.1) is 0 Å². The molecule has 1 aromatic rings. The zero-order chi connectivity index (χ0) is 15.3. The van der Waals surface area contributed by atoms with Gasteiger partial charge in [0.05, 0.1) is 0 Å². The Morgan fingerprint density at radius 3 is 2.52 bits per heavy atom. The van der Waals surface area contributed by atoms with Crippen molar-refractivity contribution in [3.63, 3.8) is 0 Å². The predicted octanol–water partition coefficient (Wildman–Crippen LogP) is 3.29. The van der Waals surface area contributed by atoms with Crippen LogP contribution in [0.5, 0.6) is 0 Å². The lowest BCUT2D eigenvalue weighted by atomic mass is 9.96. The van der Waals surface area contributed by atoms with E-state index in [4.69, 9.17) is 23.2 Å². The van der Waals surface area contributed by atoms with Crippen molar-refractivity contribution in [2.24, 2.45) is 0 Å². The molecule has 7 heteroatoms. The first kappa shape index (κ1) is 17.0. The molecule has 2 rings (SSSR count). The topological polar surface area (TPSA) is 58.2 Å². The molecule has 0 atom stereocenters. The molecular weight excluding hydrogens is 331 g/mol. The maximum atomic E-state index is 12.0. The number of benzene rings is 1. The third-order valence-corrected chi connectivity index (χ3v) is 5.44. The molecule has 118 valence electrons. The minimum absolute atomic E-state index is 0.0652. The van der Waals surface area contributed by atoms with Crippen molar-refractivity contribution < 1.29 is 8.42 Å². The molecule has 2 N–H and O–H groups in total. The average molecular weight is 351 g/mol. The highest BCUT2D eigenvalue weighted by atomic mass is 35.5. The highest BCUT2D eigenvalue weighted by molar-refractivity contribution is 7.87. The van der Waals surface area contributed by atoms with E-state index in [0.29, 0.717) is 23.0 Å². The van der Waals surface area contributed by atoms with Crippen molar-refractivity contribution in [2.75, 3.05) is 6.54 Å². The number of halogens is 2. The van der Waals surface area contributed by atoms with Crippen LogP contribution in [0.15, 0.2) is 18.2 Å². The van der Waals surface area contributed by atoms with Crippen molar-refractivity contribution in [1.29, 1.82) is 0 Å². The summed E-state index contributed by atoms with van der Waals surface area (Å²) in [6.07, 6.45) is 5.75. The fourth-order valence-electron chi connectivity index (χ4n) is 2.53. The van der Waals surface area contributed by atoms with Gasteiger partial charge in [0, 0.05) is 22.6 Å². The van der Waals surface area contributed by atoms with E-state index in [0.717, 1.165) is 31.2 Å². The molecule has 0 saturated heterocycles. The Hall–Kier alpha value is -0.330. The van der Waals surface area contributed by atoms with Gasteiger partial charge in [-0.3, -0.25) is 0 Å². The lowest BCUT2D eigenvalue weighted by molar-refractivity contribution is 0.410. The van der Waals surface area contributed by atoms with Crippen molar-refractivity contribution in [2.45, 2.75) is 44.6 Å². The van der Waals surface area contributed by atoms with E-state index >= 15 is 0 Å². The van der Waals surface area contributed by atoms with Gasteiger partial charge in [0.15, 0.2) is 0 Å². The highest BCUT2D eigenvalue weighted by Crippen LogP contribution is 2.21. The Kier molecular flexibility index (Phi) is 6.32. The molecule has 1 aliphatic rings. The van der Waals surface area contributed by atoms with Gasteiger partial charge >= 0.3 is 0 Å². The van der Waals surface area contributed by atoms with Gasteiger partial charge in [-0.05, 0) is 37.0 Å². The minimum atomic E-state index is -3.44. The van der Waals surface area contributed by atoms with Gasteiger partial charge in [-0.1, -0.05) is 48.5 Å². The lowest BCUT2D eigenvalue weighted by Crippen LogP contribution is -2.44. The summed E-state index contributed by atoms with van der Waals surface area (Å²) in [6, 6.07) is 5.29. The molecule has 0 bridgehead atoms. The summed E-state index contributed by atoms with van der Waals surface area (Å²) in [5.41, 5.74) is 0.876. The summed E-state index contributed by atoms with van der Waals surface area (Å²) in [6.45, 7) is 0.309. The van der Waals surface area contributed by atoms with Crippen LogP contribution in [-0.4, -0.2) is 21.0 Å². The van der Waals surface area contributed by atoms with Gasteiger partial charge in [-0.15, -0.1) is 0 Å². The van der Waals surface area contributed by atoms with Crippen LogP contribution in [-0.2, 0) is 16.6 Å². The molecule has 1 saturated carbocycles. The Balaban J connectivity index is 1.81. The fourth-order valence-corrected chi connectivity index (χ4v) is 4.16. The van der Waals surface area contributed by atoms with Crippen LogP contribution in [0.2, 0.25) is 10.0 Å². The van der Waals surface area contributed by atoms with E-state index in [-0.39, 0.29) is 6.04 Å². The molecule has 1 fully saturated rings. The summed E-state index contributed by atoms with van der Waals surface area (Å²) in [7, 11) is -3.44. The second-order valence-corrected chi connectivity index (χ2v) is 7.71. The highest BCUT2D eigenvalue weighted by Gasteiger charge is 2.19. The standard InChI is InChI=1S/C14H20Cl2N2O2S/c15-12-7-6-11(14(16)10-12)8-9-17-21(19,20)18-13-4-2-1-3-5-13/h6-7,10,13,17-18H,1-5,8-9H2. The van der Waals surface area contributed by atoms with Crippen LogP contribution in [0.4, 0.5) is 0 Å². The molecule has 0 unspecified atom stereocenters. The quantitative estimate of drug-likeness (QED) is 0.826. The lowest BCUT2D eigenvalue weighted by Gasteiger charge is -2.22. The summed E-state index contributed by atoms with van der Waals surface area (Å²) >= 11 is 11.9. The molecule has 4 nitrogen and oxygen atoms in total. The second-order valence-electron chi connectivity index (χ2n) is 5.34. The smallest absolute Gasteiger partial charge is 0.202 e. The van der Waals surface area contributed by atoms with E-state index in [2.05, 4.69) is 9.44 Å². The summed E-state index contributed by atoms with van der Waals surface area (Å²) in [4.78, 5) is 0. The predicted molar refractivity (Wildman–Crippen MR) is 87.1 cm³/mol. The third kappa shape index (κ3) is 5.75.